The second-order valence-corrected chi connectivity index (χ2v) is 4.09. The van der Waals surface area contributed by atoms with Crippen LogP contribution in [0.5, 0.6) is 0 Å². The topological polar surface area (TPSA) is 63.8 Å². The highest BCUT2D eigenvalue weighted by Crippen LogP contribution is 2.13. The zero-order chi connectivity index (χ0) is 11.3. The SMILES string of the molecule is CCC(C)CC(C)Nc1ccnc(N)n1. The van der Waals surface area contributed by atoms with Crippen LogP contribution in [-0.4, -0.2) is 16.0 Å². The maximum atomic E-state index is 5.50. The molecule has 0 fully saturated rings. The number of hydrogen-bond acceptors (Lipinski definition) is 4. The molecule has 4 heteroatoms. The number of nitrogens with zero attached hydrogens (tertiary/aromatic N) is 2. The maximum absolute atomic E-state index is 5.50. The maximum Gasteiger partial charge on any atom is 0.221 e. The minimum absolute atomic E-state index is 0.315. The van der Waals surface area contributed by atoms with Gasteiger partial charge in [-0.05, 0) is 25.3 Å². The van der Waals surface area contributed by atoms with E-state index in [1.165, 1.54) is 6.42 Å². The summed E-state index contributed by atoms with van der Waals surface area (Å²) in [7, 11) is 0. The van der Waals surface area contributed by atoms with E-state index in [9.17, 15) is 0 Å². The Balaban J connectivity index is 2.47. The summed E-state index contributed by atoms with van der Waals surface area (Å²) in [6.45, 7) is 6.62. The van der Waals surface area contributed by atoms with Gasteiger partial charge in [-0.1, -0.05) is 20.3 Å². The molecule has 1 heterocycles. The van der Waals surface area contributed by atoms with Crippen LogP contribution in [0.4, 0.5) is 11.8 Å². The van der Waals surface area contributed by atoms with Crippen LogP contribution in [-0.2, 0) is 0 Å². The van der Waals surface area contributed by atoms with Gasteiger partial charge in [0.05, 0.1) is 0 Å². The summed E-state index contributed by atoms with van der Waals surface area (Å²) in [6.07, 6.45) is 4.01. The molecule has 0 aliphatic rings. The summed E-state index contributed by atoms with van der Waals surface area (Å²) in [5, 5.41) is 3.32. The zero-order valence-electron chi connectivity index (χ0n) is 9.70. The van der Waals surface area contributed by atoms with Crippen LogP contribution in [0.25, 0.3) is 0 Å². The Hall–Kier alpha value is -1.32. The van der Waals surface area contributed by atoms with Gasteiger partial charge in [0.2, 0.25) is 5.95 Å². The average Bonchev–Trinajstić information content (AvgIpc) is 2.17. The van der Waals surface area contributed by atoms with E-state index in [-0.39, 0.29) is 0 Å². The van der Waals surface area contributed by atoms with Crippen LogP contribution in [0.1, 0.15) is 33.6 Å². The number of hydrogen-bond donors (Lipinski definition) is 2. The molecule has 0 saturated heterocycles. The van der Waals surface area contributed by atoms with Crippen LogP contribution >= 0.6 is 0 Å². The lowest BCUT2D eigenvalue weighted by atomic mass is 10.0. The van der Waals surface area contributed by atoms with Crippen molar-refractivity contribution in [2.24, 2.45) is 5.92 Å². The third-order valence-corrected chi connectivity index (χ3v) is 2.52. The van der Waals surface area contributed by atoms with Crippen LogP contribution < -0.4 is 11.1 Å². The van der Waals surface area contributed by atoms with Crippen molar-refractivity contribution in [3.05, 3.63) is 12.3 Å². The van der Waals surface area contributed by atoms with Gasteiger partial charge < -0.3 is 11.1 Å². The van der Waals surface area contributed by atoms with E-state index in [0.717, 1.165) is 18.2 Å². The normalized spacial score (nSPS) is 14.6. The van der Waals surface area contributed by atoms with E-state index >= 15 is 0 Å². The fourth-order valence-corrected chi connectivity index (χ4v) is 1.54. The lowest BCUT2D eigenvalue weighted by Gasteiger charge is -2.17. The second kappa shape index (κ2) is 5.53. The van der Waals surface area contributed by atoms with Crippen LogP contribution in [0.2, 0.25) is 0 Å². The first kappa shape index (κ1) is 11.8. The van der Waals surface area contributed by atoms with E-state index in [2.05, 4.69) is 36.1 Å². The minimum Gasteiger partial charge on any atom is -0.368 e. The fraction of sp³-hybridized carbons (Fsp3) is 0.636. The highest BCUT2D eigenvalue weighted by Gasteiger charge is 2.07. The monoisotopic (exact) mass is 208 g/mol. The van der Waals surface area contributed by atoms with Crippen LogP contribution in [0.15, 0.2) is 12.3 Å². The molecular weight excluding hydrogens is 188 g/mol. The summed E-state index contributed by atoms with van der Waals surface area (Å²) in [4.78, 5) is 7.95. The van der Waals surface area contributed by atoms with Gasteiger partial charge in [-0.25, -0.2) is 4.98 Å². The van der Waals surface area contributed by atoms with Gasteiger partial charge in [-0.2, -0.15) is 4.98 Å². The number of nitrogen functional groups attached to an aromatic ring is 1. The van der Waals surface area contributed by atoms with Crippen molar-refractivity contribution in [3.8, 4) is 0 Å². The number of anilines is 2. The standard InChI is InChI=1S/C11H20N4/c1-4-8(2)7-9(3)14-10-5-6-13-11(12)15-10/h5-6,8-9H,4,7H2,1-3H3,(H3,12,13,14,15). The lowest BCUT2D eigenvalue weighted by Crippen LogP contribution is -2.19. The van der Waals surface area contributed by atoms with E-state index in [1.807, 2.05) is 6.07 Å². The summed E-state index contributed by atoms with van der Waals surface area (Å²) >= 11 is 0. The molecule has 0 bridgehead atoms. The molecule has 84 valence electrons. The predicted molar refractivity (Wildman–Crippen MR) is 63.6 cm³/mol. The number of aromatic nitrogens is 2. The Labute approximate surface area is 91.3 Å². The molecule has 0 radical (unpaired) electrons. The van der Waals surface area contributed by atoms with E-state index in [4.69, 9.17) is 5.73 Å². The van der Waals surface area contributed by atoms with E-state index in [1.54, 1.807) is 6.20 Å². The molecule has 3 N–H and O–H groups in total. The fourth-order valence-electron chi connectivity index (χ4n) is 1.54. The molecular formula is C11H20N4. The summed E-state index contributed by atoms with van der Waals surface area (Å²) < 4.78 is 0. The first-order valence-corrected chi connectivity index (χ1v) is 5.46. The van der Waals surface area contributed by atoms with Crippen molar-refractivity contribution >= 4 is 11.8 Å². The van der Waals surface area contributed by atoms with Crippen molar-refractivity contribution in [3.63, 3.8) is 0 Å². The van der Waals surface area contributed by atoms with Crippen molar-refractivity contribution in [2.75, 3.05) is 11.1 Å². The van der Waals surface area contributed by atoms with Crippen molar-refractivity contribution in [2.45, 2.75) is 39.7 Å². The highest BCUT2D eigenvalue weighted by molar-refractivity contribution is 5.38. The summed E-state index contributed by atoms with van der Waals surface area (Å²) in [6, 6.07) is 2.25. The van der Waals surface area contributed by atoms with Gasteiger partial charge in [0, 0.05) is 12.2 Å². The van der Waals surface area contributed by atoms with Crippen molar-refractivity contribution < 1.29 is 0 Å². The van der Waals surface area contributed by atoms with Crippen LogP contribution in [0.3, 0.4) is 0 Å². The molecule has 1 rings (SSSR count). The van der Waals surface area contributed by atoms with Crippen LogP contribution in [0, 0.1) is 5.92 Å². The predicted octanol–water partition coefficient (Wildman–Crippen LogP) is 2.30. The van der Waals surface area contributed by atoms with Gasteiger partial charge in [-0.3, -0.25) is 0 Å². The molecule has 1 aromatic heterocycles. The Morgan fingerprint density at radius 1 is 1.47 bits per heavy atom. The molecule has 0 saturated carbocycles. The van der Waals surface area contributed by atoms with Gasteiger partial charge in [0.25, 0.3) is 0 Å². The smallest absolute Gasteiger partial charge is 0.221 e. The Morgan fingerprint density at radius 3 is 2.80 bits per heavy atom. The Kier molecular flexibility index (Phi) is 4.34. The highest BCUT2D eigenvalue weighted by atomic mass is 15.1. The van der Waals surface area contributed by atoms with Gasteiger partial charge in [-0.15, -0.1) is 0 Å². The number of rotatable bonds is 5. The summed E-state index contributed by atoms with van der Waals surface area (Å²) in [5.41, 5.74) is 5.50. The van der Waals surface area contributed by atoms with Crippen molar-refractivity contribution in [1.29, 1.82) is 0 Å². The third-order valence-electron chi connectivity index (χ3n) is 2.52. The zero-order valence-corrected chi connectivity index (χ0v) is 9.70. The average molecular weight is 208 g/mol. The van der Waals surface area contributed by atoms with Gasteiger partial charge in [0.15, 0.2) is 0 Å². The summed E-state index contributed by atoms with van der Waals surface area (Å²) in [5.74, 6) is 1.85. The quantitative estimate of drug-likeness (QED) is 0.779. The molecule has 0 aliphatic carbocycles. The van der Waals surface area contributed by atoms with E-state index in [0.29, 0.717) is 12.0 Å². The molecule has 0 aromatic carbocycles. The largest absolute Gasteiger partial charge is 0.368 e. The second-order valence-electron chi connectivity index (χ2n) is 4.09. The molecule has 0 aliphatic heterocycles. The molecule has 1 aromatic rings. The molecule has 0 spiro atoms. The number of nitrogens with two attached hydrogens (primary N) is 1. The third kappa shape index (κ3) is 4.14. The molecule has 2 unspecified atom stereocenters. The first-order chi connectivity index (χ1) is 7.11. The van der Waals surface area contributed by atoms with Gasteiger partial charge >= 0.3 is 0 Å². The Bertz CT molecular complexity index is 300. The Morgan fingerprint density at radius 2 is 2.20 bits per heavy atom. The minimum atomic E-state index is 0.315. The van der Waals surface area contributed by atoms with Crippen molar-refractivity contribution in [1.82, 2.24) is 9.97 Å². The molecule has 15 heavy (non-hydrogen) atoms. The molecule has 2 atom stereocenters. The van der Waals surface area contributed by atoms with Gasteiger partial charge in [0.1, 0.15) is 5.82 Å². The first-order valence-electron chi connectivity index (χ1n) is 5.46. The molecule has 4 nitrogen and oxygen atoms in total. The molecule has 0 amide bonds. The lowest BCUT2D eigenvalue weighted by molar-refractivity contribution is 0.483. The van der Waals surface area contributed by atoms with E-state index < -0.39 is 0 Å². The number of nitrogens with one attached hydrogen (secondary N) is 1.